The van der Waals surface area contributed by atoms with Crippen molar-refractivity contribution in [1.82, 2.24) is 14.9 Å². The highest BCUT2D eigenvalue weighted by atomic mass is 16.2. The molecule has 4 aromatic rings. The summed E-state index contributed by atoms with van der Waals surface area (Å²) < 4.78 is 1.85. The standard InChI is InChI=1S/C25H22N4O2/c30-24(20-11-13-22(14-12-20)29-16-15-26-18-29)28-23(17-19-7-3-1-4-8-19)25(31)27-21-9-5-2-6-10-21/h1-16,18,23H,17H2,(H,27,31)(H,28,30). The van der Waals surface area contributed by atoms with Gasteiger partial charge in [0.2, 0.25) is 5.91 Å². The number of rotatable bonds is 7. The van der Waals surface area contributed by atoms with Crippen LogP contribution >= 0.6 is 0 Å². The molecule has 0 fully saturated rings. The summed E-state index contributed by atoms with van der Waals surface area (Å²) in [7, 11) is 0. The maximum absolute atomic E-state index is 13.0. The minimum Gasteiger partial charge on any atom is -0.340 e. The van der Waals surface area contributed by atoms with Gasteiger partial charge in [-0.2, -0.15) is 0 Å². The van der Waals surface area contributed by atoms with Crippen LogP contribution in [0.5, 0.6) is 0 Å². The molecule has 6 heteroatoms. The smallest absolute Gasteiger partial charge is 0.251 e. The Hall–Kier alpha value is -4.19. The number of benzene rings is 3. The number of aromatic nitrogens is 2. The average molecular weight is 410 g/mol. The summed E-state index contributed by atoms with van der Waals surface area (Å²) in [6.07, 6.45) is 5.61. The highest BCUT2D eigenvalue weighted by Gasteiger charge is 2.22. The zero-order valence-electron chi connectivity index (χ0n) is 16.8. The van der Waals surface area contributed by atoms with Crippen molar-refractivity contribution in [3.05, 3.63) is 115 Å². The van der Waals surface area contributed by atoms with E-state index in [4.69, 9.17) is 0 Å². The lowest BCUT2D eigenvalue weighted by atomic mass is 10.0. The second kappa shape index (κ2) is 9.54. The van der Waals surface area contributed by atoms with Crippen LogP contribution in [0.4, 0.5) is 5.69 Å². The van der Waals surface area contributed by atoms with Crippen molar-refractivity contribution in [1.29, 1.82) is 0 Å². The number of nitrogens with one attached hydrogen (secondary N) is 2. The van der Waals surface area contributed by atoms with E-state index in [0.29, 0.717) is 17.7 Å². The summed E-state index contributed by atoms with van der Waals surface area (Å²) in [5.74, 6) is -0.570. The maximum atomic E-state index is 13.0. The van der Waals surface area contributed by atoms with Crippen LogP contribution in [-0.2, 0) is 11.2 Å². The Morgan fingerprint density at radius 3 is 2.19 bits per heavy atom. The molecule has 31 heavy (non-hydrogen) atoms. The predicted molar refractivity (Wildman–Crippen MR) is 120 cm³/mol. The first kappa shape index (κ1) is 20.1. The Balaban J connectivity index is 1.50. The lowest BCUT2D eigenvalue weighted by Crippen LogP contribution is -2.45. The molecule has 0 aliphatic heterocycles. The molecule has 1 atom stereocenters. The van der Waals surface area contributed by atoms with Crippen molar-refractivity contribution in [3.8, 4) is 5.69 Å². The van der Waals surface area contributed by atoms with E-state index in [2.05, 4.69) is 15.6 Å². The van der Waals surface area contributed by atoms with Gasteiger partial charge in [-0.3, -0.25) is 9.59 Å². The molecule has 0 aliphatic rings. The van der Waals surface area contributed by atoms with E-state index in [1.807, 2.05) is 83.6 Å². The summed E-state index contributed by atoms with van der Waals surface area (Å²) in [6, 6.07) is 25.3. The average Bonchev–Trinajstić information content (AvgIpc) is 3.35. The van der Waals surface area contributed by atoms with Crippen LogP contribution < -0.4 is 10.6 Å². The van der Waals surface area contributed by atoms with Gasteiger partial charge in [-0.25, -0.2) is 4.98 Å². The molecule has 3 aromatic carbocycles. The lowest BCUT2D eigenvalue weighted by molar-refractivity contribution is -0.118. The molecule has 0 saturated carbocycles. The number of hydrogen-bond donors (Lipinski definition) is 2. The Kier molecular flexibility index (Phi) is 6.18. The molecular weight excluding hydrogens is 388 g/mol. The molecule has 4 rings (SSSR count). The van der Waals surface area contributed by atoms with Crippen LogP contribution in [0.1, 0.15) is 15.9 Å². The minimum absolute atomic E-state index is 0.265. The molecule has 0 spiro atoms. The molecule has 0 aliphatic carbocycles. The molecule has 154 valence electrons. The maximum Gasteiger partial charge on any atom is 0.251 e. The van der Waals surface area contributed by atoms with Crippen molar-refractivity contribution < 1.29 is 9.59 Å². The monoisotopic (exact) mass is 410 g/mol. The zero-order valence-corrected chi connectivity index (χ0v) is 16.8. The summed E-state index contributed by atoms with van der Waals surface area (Å²) in [6.45, 7) is 0. The van der Waals surface area contributed by atoms with Gasteiger partial charge in [-0.05, 0) is 42.0 Å². The number of hydrogen-bond acceptors (Lipinski definition) is 3. The first-order valence-electron chi connectivity index (χ1n) is 9.98. The molecule has 1 heterocycles. The van der Waals surface area contributed by atoms with Gasteiger partial charge in [0.05, 0.1) is 6.33 Å². The van der Waals surface area contributed by atoms with Crippen LogP contribution in [0.2, 0.25) is 0 Å². The minimum atomic E-state index is -0.719. The van der Waals surface area contributed by atoms with Gasteiger partial charge in [0.1, 0.15) is 6.04 Å². The molecule has 1 aromatic heterocycles. The Morgan fingerprint density at radius 2 is 1.55 bits per heavy atom. The van der Waals surface area contributed by atoms with Gasteiger partial charge >= 0.3 is 0 Å². The number of amides is 2. The van der Waals surface area contributed by atoms with Crippen LogP contribution in [0, 0.1) is 0 Å². The molecular formula is C25H22N4O2. The van der Waals surface area contributed by atoms with Crippen molar-refractivity contribution in [3.63, 3.8) is 0 Å². The van der Waals surface area contributed by atoms with Crippen molar-refractivity contribution in [2.45, 2.75) is 12.5 Å². The number of para-hydroxylation sites is 1. The number of anilines is 1. The second-order valence-electron chi connectivity index (χ2n) is 7.09. The molecule has 0 bridgehead atoms. The zero-order chi connectivity index (χ0) is 21.5. The number of carbonyl (C=O) groups is 2. The Bertz CT molecular complexity index is 1130. The van der Waals surface area contributed by atoms with E-state index in [-0.39, 0.29) is 11.8 Å². The Labute approximate surface area is 180 Å². The van der Waals surface area contributed by atoms with Crippen molar-refractivity contribution in [2.75, 3.05) is 5.32 Å². The molecule has 2 amide bonds. The summed E-state index contributed by atoms with van der Waals surface area (Å²) in [5, 5.41) is 5.77. The fourth-order valence-corrected chi connectivity index (χ4v) is 3.25. The fraction of sp³-hybridized carbons (Fsp3) is 0.0800. The van der Waals surface area contributed by atoms with Crippen LogP contribution in [0.15, 0.2) is 104 Å². The number of imidazole rings is 1. The molecule has 1 unspecified atom stereocenters. The van der Waals surface area contributed by atoms with Crippen LogP contribution in [0.3, 0.4) is 0 Å². The van der Waals surface area contributed by atoms with E-state index < -0.39 is 6.04 Å². The number of carbonyl (C=O) groups excluding carboxylic acids is 2. The van der Waals surface area contributed by atoms with E-state index in [1.54, 1.807) is 24.7 Å². The SMILES string of the molecule is O=C(NC(Cc1ccccc1)C(=O)Nc1ccccc1)c1ccc(-n2ccnc2)cc1. The van der Waals surface area contributed by atoms with Gasteiger partial charge in [-0.15, -0.1) is 0 Å². The first-order chi connectivity index (χ1) is 15.2. The predicted octanol–water partition coefficient (Wildman–Crippen LogP) is 3.85. The summed E-state index contributed by atoms with van der Waals surface area (Å²) in [5.41, 5.74) is 3.03. The largest absolute Gasteiger partial charge is 0.340 e. The molecule has 0 saturated heterocycles. The second-order valence-corrected chi connectivity index (χ2v) is 7.09. The van der Waals surface area contributed by atoms with E-state index in [9.17, 15) is 9.59 Å². The highest BCUT2D eigenvalue weighted by Crippen LogP contribution is 2.12. The topological polar surface area (TPSA) is 76.0 Å². The lowest BCUT2D eigenvalue weighted by Gasteiger charge is -2.19. The number of nitrogens with zero attached hydrogens (tertiary/aromatic N) is 2. The summed E-state index contributed by atoms with van der Waals surface area (Å²) in [4.78, 5) is 29.9. The fourth-order valence-electron chi connectivity index (χ4n) is 3.25. The first-order valence-corrected chi connectivity index (χ1v) is 9.98. The normalized spacial score (nSPS) is 11.5. The van der Waals surface area contributed by atoms with Gasteiger partial charge in [0.15, 0.2) is 0 Å². The van der Waals surface area contributed by atoms with Gasteiger partial charge in [-0.1, -0.05) is 48.5 Å². The van der Waals surface area contributed by atoms with E-state index in [1.165, 1.54) is 0 Å². The highest BCUT2D eigenvalue weighted by molar-refractivity contribution is 6.01. The molecule has 2 N–H and O–H groups in total. The molecule has 6 nitrogen and oxygen atoms in total. The third-order valence-corrected chi connectivity index (χ3v) is 4.88. The summed E-state index contributed by atoms with van der Waals surface area (Å²) >= 11 is 0. The van der Waals surface area contributed by atoms with Gasteiger partial charge in [0, 0.05) is 35.8 Å². The van der Waals surface area contributed by atoms with Crippen molar-refractivity contribution in [2.24, 2.45) is 0 Å². The van der Waals surface area contributed by atoms with E-state index >= 15 is 0 Å². The van der Waals surface area contributed by atoms with Gasteiger partial charge < -0.3 is 15.2 Å². The van der Waals surface area contributed by atoms with Crippen molar-refractivity contribution >= 4 is 17.5 Å². The van der Waals surface area contributed by atoms with Crippen LogP contribution in [-0.4, -0.2) is 27.4 Å². The molecule has 0 radical (unpaired) electrons. The van der Waals surface area contributed by atoms with Crippen LogP contribution in [0.25, 0.3) is 5.69 Å². The quantitative estimate of drug-likeness (QED) is 0.486. The third kappa shape index (κ3) is 5.25. The third-order valence-electron chi connectivity index (χ3n) is 4.88. The van der Waals surface area contributed by atoms with Gasteiger partial charge in [0.25, 0.3) is 5.91 Å². The van der Waals surface area contributed by atoms with E-state index in [0.717, 1.165) is 11.3 Å². The Morgan fingerprint density at radius 1 is 0.871 bits per heavy atom.